The number of amides is 4. The third-order valence-corrected chi connectivity index (χ3v) is 13.4. The minimum atomic E-state index is -1.61. The Morgan fingerprint density at radius 2 is 1.60 bits per heavy atom. The number of phenols is 1. The van der Waals surface area contributed by atoms with Crippen molar-refractivity contribution in [3.8, 4) is 11.5 Å². The van der Waals surface area contributed by atoms with Gasteiger partial charge in [0, 0.05) is 15.4 Å². The fourth-order valence-electron chi connectivity index (χ4n) is 8.81. The molecule has 52 heavy (non-hydrogen) atoms. The lowest BCUT2D eigenvalue weighted by molar-refractivity contribution is -0.138. The Morgan fingerprint density at radius 3 is 2.27 bits per heavy atom. The molecular weight excluding hydrogens is 821 g/mol. The van der Waals surface area contributed by atoms with E-state index in [2.05, 4.69) is 37.3 Å². The van der Waals surface area contributed by atoms with Crippen LogP contribution >= 0.6 is 43.5 Å². The monoisotopic (exact) mass is 847 g/mol. The molecule has 0 bridgehead atoms. The minimum Gasteiger partial charge on any atom is -0.503 e. The highest BCUT2D eigenvalue weighted by Gasteiger charge is 2.70. The number of aromatic hydroxyl groups is 1. The molecule has 6 atom stereocenters. The van der Waals surface area contributed by atoms with Crippen molar-refractivity contribution < 1.29 is 33.4 Å². The number of allylic oxidation sites excluding steroid dienone is 2. The zero-order valence-electron chi connectivity index (χ0n) is 27.4. The third-order valence-electron chi connectivity index (χ3n) is 11.0. The second kappa shape index (κ2) is 12.9. The molecule has 4 aromatic rings. The predicted octanol–water partition coefficient (Wildman–Crippen LogP) is 7.91. The first-order chi connectivity index (χ1) is 25.0. The number of carbonyl (C=O) groups is 4. The van der Waals surface area contributed by atoms with Crippen LogP contribution in [0.25, 0.3) is 0 Å². The molecule has 2 saturated heterocycles. The number of rotatable bonds is 6. The van der Waals surface area contributed by atoms with E-state index in [9.17, 15) is 23.9 Å². The second-order valence-corrected chi connectivity index (χ2v) is 15.4. The van der Waals surface area contributed by atoms with Crippen molar-refractivity contribution in [3.63, 3.8) is 0 Å². The lowest BCUT2D eigenvalue weighted by Crippen LogP contribution is -2.53. The van der Waals surface area contributed by atoms with Gasteiger partial charge in [0.05, 0.1) is 46.1 Å². The maximum atomic E-state index is 15.4. The molecule has 6 unspecified atom stereocenters. The van der Waals surface area contributed by atoms with Gasteiger partial charge in [0.15, 0.2) is 11.5 Å². The zero-order chi connectivity index (χ0) is 36.6. The van der Waals surface area contributed by atoms with Gasteiger partial charge in [0.25, 0.3) is 11.8 Å². The van der Waals surface area contributed by atoms with Gasteiger partial charge in [0.1, 0.15) is 5.82 Å². The second-order valence-electron chi connectivity index (χ2n) is 13.4. The standard InChI is InChI=1S/C39H29Br2ClFN3O6/c1-52-29-18-27(32(40)33(41)34(29)47)31-24-15-16-25-30(37(50)45(35(25)48)23-5-3-2-4-6-23)26(24)17-28-36(49)46(44-22-13-11-21(43)12-14-22)38(51)39(28,31)19-7-9-20(42)10-8-19/h2-15,18,25-26,28,30-31,44,47H,16-17H2,1H3. The van der Waals surface area contributed by atoms with Crippen LogP contribution in [0, 0.1) is 29.5 Å². The fourth-order valence-corrected chi connectivity index (χ4v) is 9.89. The number of nitrogens with zero attached hydrogens (tertiary/aromatic N) is 2. The number of carbonyl (C=O) groups excluding carboxylic acids is 4. The normalized spacial score (nSPS) is 26.6. The Bertz CT molecular complexity index is 2200. The number of fused-ring (bicyclic) bond motifs is 4. The smallest absolute Gasteiger partial charge is 0.260 e. The molecule has 2 aliphatic heterocycles. The summed E-state index contributed by atoms with van der Waals surface area (Å²) in [6, 6.07) is 22.4. The number of hydrogen-bond acceptors (Lipinski definition) is 7. The number of hydrazine groups is 1. The highest BCUT2D eigenvalue weighted by molar-refractivity contribution is 9.13. The van der Waals surface area contributed by atoms with Gasteiger partial charge in [-0.05, 0) is 116 Å². The van der Waals surface area contributed by atoms with Gasteiger partial charge in [-0.1, -0.05) is 53.6 Å². The highest BCUT2D eigenvalue weighted by atomic mass is 79.9. The van der Waals surface area contributed by atoms with E-state index >= 15 is 4.79 Å². The SMILES string of the molecule is COc1cc(C2C3=CCC4C(=O)N(c5ccccc5)C(=O)C4C3CC3C(=O)N(Nc4ccc(F)cc4)C(=O)C32c2ccc(Cl)cc2)c(Br)c(Br)c1O. The van der Waals surface area contributed by atoms with Crippen molar-refractivity contribution in [3.05, 3.63) is 127 Å². The van der Waals surface area contributed by atoms with Crippen LogP contribution in [0.4, 0.5) is 15.8 Å². The van der Waals surface area contributed by atoms with E-state index in [1.807, 2.05) is 6.08 Å². The third kappa shape index (κ3) is 4.98. The largest absolute Gasteiger partial charge is 0.503 e. The summed E-state index contributed by atoms with van der Waals surface area (Å²) in [5, 5.41) is 12.4. The first-order valence-corrected chi connectivity index (χ1v) is 18.5. The van der Waals surface area contributed by atoms with Gasteiger partial charge in [-0.25, -0.2) is 4.39 Å². The van der Waals surface area contributed by atoms with Gasteiger partial charge >= 0.3 is 0 Å². The summed E-state index contributed by atoms with van der Waals surface area (Å²) in [5.41, 5.74) is 3.84. The molecule has 9 nitrogen and oxygen atoms in total. The molecule has 4 amide bonds. The molecule has 4 aliphatic rings. The highest BCUT2D eigenvalue weighted by Crippen LogP contribution is 2.65. The number of halogens is 4. The van der Waals surface area contributed by atoms with Gasteiger partial charge in [0.2, 0.25) is 11.8 Å². The van der Waals surface area contributed by atoms with Gasteiger partial charge < -0.3 is 9.84 Å². The number of ether oxygens (including phenoxy) is 1. The van der Waals surface area contributed by atoms with E-state index in [1.165, 1.54) is 36.3 Å². The van der Waals surface area contributed by atoms with Crippen molar-refractivity contribution in [2.45, 2.75) is 24.2 Å². The number of benzene rings is 4. The molecular formula is C39H29Br2ClFN3O6. The summed E-state index contributed by atoms with van der Waals surface area (Å²) in [6.07, 6.45) is 2.25. The molecule has 0 radical (unpaired) electrons. The summed E-state index contributed by atoms with van der Waals surface area (Å²) in [6.45, 7) is 0. The molecule has 2 aliphatic carbocycles. The van der Waals surface area contributed by atoms with E-state index in [1.54, 1.807) is 60.7 Å². The molecule has 3 fully saturated rings. The molecule has 13 heteroatoms. The van der Waals surface area contributed by atoms with Crippen LogP contribution in [0.2, 0.25) is 5.02 Å². The molecule has 4 aromatic carbocycles. The van der Waals surface area contributed by atoms with E-state index in [0.29, 0.717) is 37.6 Å². The number of methoxy groups -OCH3 is 1. The van der Waals surface area contributed by atoms with Crippen LogP contribution in [-0.4, -0.2) is 40.9 Å². The molecule has 1 saturated carbocycles. The van der Waals surface area contributed by atoms with Gasteiger partial charge in [-0.15, -0.1) is 0 Å². The summed E-state index contributed by atoms with van der Waals surface area (Å²) < 4.78 is 20.2. The van der Waals surface area contributed by atoms with Crippen molar-refractivity contribution in [2.24, 2.45) is 23.7 Å². The number of nitrogens with one attached hydrogen (secondary N) is 1. The van der Waals surface area contributed by atoms with Crippen LogP contribution in [0.3, 0.4) is 0 Å². The zero-order valence-corrected chi connectivity index (χ0v) is 31.3. The molecule has 264 valence electrons. The predicted molar refractivity (Wildman–Crippen MR) is 198 cm³/mol. The van der Waals surface area contributed by atoms with Gasteiger partial charge in [-0.2, -0.15) is 5.01 Å². The molecule has 0 aromatic heterocycles. The average Bonchev–Trinajstić information content (AvgIpc) is 3.53. The van der Waals surface area contributed by atoms with Crippen molar-refractivity contribution in [2.75, 3.05) is 17.4 Å². The van der Waals surface area contributed by atoms with Crippen molar-refractivity contribution in [1.82, 2.24) is 5.01 Å². The molecule has 0 spiro atoms. The van der Waals surface area contributed by atoms with Crippen LogP contribution in [0.15, 0.2) is 106 Å². The Balaban J connectivity index is 1.37. The van der Waals surface area contributed by atoms with Crippen molar-refractivity contribution in [1.29, 1.82) is 0 Å². The Kier molecular flexibility index (Phi) is 8.54. The Labute approximate surface area is 319 Å². The van der Waals surface area contributed by atoms with Crippen molar-refractivity contribution >= 4 is 78.5 Å². The van der Waals surface area contributed by atoms with Gasteiger partial charge in [-0.3, -0.25) is 29.5 Å². The van der Waals surface area contributed by atoms with Crippen LogP contribution in [0.5, 0.6) is 11.5 Å². The topological polar surface area (TPSA) is 116 Å². The van der Waals surface area contributed by atoms with Crippen LogP contribution in [-0.2, 0) is 24.6 Å². The summed E-state index contributed by atoms with van der Waals surface area (Å²) in [7, 11) is 1.41. The molecule has 2 heterocycles. The lowest BCUT2D eigenvalue weighted by atomic mass is 9.49. The van der Waals surface area contributed by atoms with E-state index in [0.717, 1.165) is 5.01 Å². The molecule has 8 rings (SSSR count). The Morgan fingerprint density at radius 1 is 0.904 bits per heavy atom. The quantitative estimate of drug-likeness (QED) is 0.150. The maximum absolute atomic E-state index is 15.4. The van der Waals surface area contributed by atoms with E-state index in [-0.39, 0.29) is 40.6 Å². The maximum Gasteiger partial charge on any atom is 0.260 e. The minimum absolute atomic E-state index is 0.0773. The first kappa shape index (κ1) is 34.6. The lowest BCUT2D eigenvalue weighted by Gasteiger charge is -2.51. The summed E-state index contributed by atoms with van der Waals surface area (Å²) in [5.74, 6) is -6.40. The first-order valence-electron chi connectivity index (χ1n) is 16.5. The van der Waals surface area contributed by atoms with E-state index < -0.39 is 52.6 Å². The summed E-state index contributed by atoms with van der Waals surface area (Å²) >= 11 is 13.6. The fraction of sp³-hybridized carbons (Fsp3) is 0.231. The van der Waals surface area contributed by atoms with Crippen LogP contribution < -0.4 is 15.1 Å². The number of imide groups is 2. The molecule has 2 N–H and O–H groups in total. The number of hydrogen-bond donors (Lipinski definition) is 2. The van der Waals surface area contributed by atoms with Crippen LogP contribution in [0.1, 0.15) is 29.9 Å². The number of anilines is 2. The number of phenolic OH excluding ortho intramolecular Hbond substituents is 1. The average molecular weight is 850 g/mol. The summed E-state index contributed by atoms with van der Waals surface area (Å²) in [4.78, 5) is 59.9. The van der Waals surface area contributed by atoms with E-state index in [4.69, 9.17) is 16.3 Å². The Hall–Kier alpha value is -4.52. The number of para-hydroxylation sites is 1.